The minimum absolute atomic E-state index is 0. The third kappa shape index (κ3) is 2.21. The Balaban J connectivity index is 0.00000120. The topological polar surface area (TPSA) is 24.7 Å². The Kier molecular flexibility index (Phi) is 4.02. The highest BCUT2D eigenvalue weighted by Gasteiger charge is 2.55. The molecule has 4 aliphatic rings. The van der Waals surface area contributed by atoms with Gasteiger partial charge in [-0.1, -0.05) is 0 Å². The van der Waals surface area contributed by atoms with Gasteiger partial charge in [0.1, 0.15) is 12.1 Å². The summed E-state index contributed by atoms with van der Waals surface area (Å²) in [6.07, 6.45) is 8.27. The maximum atomic E-state index is 10.8. The van der Waals surface area contributed by atoms with E-state index in [9.17, 15) is 5.11 Å². The van der Waals surface area contributed by atoms with Gasteiger partial charge in [-0.25, -0.2) is 0 Å². The van der Waals surface area contributed by atoms with Crippen molar-refractivity contribution in [1.29, 1.82) is 0 Å². The standard InChI is InChI=1S/C15H27NO.ClH/c1-10(16(2)3)14(17)15-7-11-4-12(8-15)6-13(5-11)9-15;/h10-14,17H,4-9H2,1-3H3;1H. The minimum Gasteiger partial charge on any atom is -1.00 e. The largest absolute Gasteiger partial charge is 1.00 e. The van der Waals surface area contributed by atoms with E-state index in [4.69, 9.17) is 0 Å². The van der Waals surface area contributed by atoms with Gasteiger partial charge >= 0.3 is 0 Å². The van der Waals surface area contributed by atoms with Crippen molar-refractivity contribution in [3.8, 4) is 0 Å². The molecule has 4 fully saturated rings. The predicted octanol–water partition coefficient (Wildman–Crippen LogP) is -1.90. The van der Waals surface area contributed by atoms with Crippen LogP contribution in [0.5, 0.6) is 0 Å². The van der Waals surface area contributed by atoms with Crippen LogP contribution in [0.15, 0.2) is 0 Å². The molecule has 2 N–H and O–H groups in total. The van der Waals surface area contributed by atoms with Crippen molar-refractivity contribution < 1.29 is 22.4 Å². The predicted molar refractivity (Wildman–Crippen MR) is 68.9 cm³/mol. The quantitative estimate of drug-likeness (QED) is 0.617. The molecule has 0 heterocycles. The van der Waals surface area contributed by atoms with Crippen LogP contribution in [0.25, 0.3) is 0 Å². The van der Waals surface area contributed by atoms with Crippen LogP contribution in [0.1, 0.15) is 45.4 Å². The third-order valence-corrected chi connectivity index (χ3v) is 6.10. The van der Waals surface area contributed by atoms with E-state index in [2.05, 4.69) is 21.0 Å². The SMILES string of the molecule is CC(C(O)C12CC3CC(CC(C3)C1)C2)[NH+](C)C.[Cl-]. The molecule has 4 saturated carbocycles. The van der Waals surface area contributed by atoms with Crippen LogP contribution in [-0.4, -0.2) is 31.3 Å². The summed E-state index contributed by atoms with van der Waals surface area (Å²) >= 11 is 0. The molecule has 2 atom stereocenters. The van der Waals surface area contributed by atoms with Gasteiger partial charge in [0.25, 0.3) is 0 Å². The van der Waals surface area contributed by atoms with Crippen molar-refractivity contribution in [2.24, 2.45) is 23.2 Å². The molecule has 0 spiro atoms. The summed E-state index contributed by atoms with van der Waals surface area (Å²) in [5.41, 5.74) is 0.297. The van der Waals surface area contributed by atoms with Crippen LogP contribution in [0, 0.1) is 23.2 Å². The average Bonchev–Trinajstić information content (AvgIpc) is 2.25. The molecule has 4 rings (SSSR count). The lowest BCUT2D eigenvalue weighted by atomic mass is 9.47. The van der Waals surface area contributed by atoms with Crippen molar-refractivity contribution in [1.82, 2.24) is 0 Å². The third-order valence-electron chi connectivity index (χ3n) is 6.10. The van der Waals surface area contributed by atoms with E-state index >= 15 is 0 Å². The number of nitrogens with one attached hydrogen (secondary N) is 1. The van der Waals surface area contributed by atoms with Crippen molar-refractivity contribution in [2.75, 3.05) is 14.1 Å². The second kappa shape index (κ2) is 4.96. The molecule has 106 valence electrons. The van der Waals surface area contributed by atoms with E-state index in [-0.39, 0.29) is 18.5 Å². The van der Waals surface area contributed by atoms with Gasteiger partial charge < -0.3 is 22.4 Å². The van der Waals surface area contributed by atoms with E-state index in [1.165, 1.54) is 43.4 Å². The number of quaternary nitrogens is 1. The summed E-state index contributed by atoms with van der Waals surface area (Å²) in [4.78, 5) is 1.40. The first kappa shape index (κ1) is 14.6. The van der Waals surface area contributed by atoms with Crippen LogP contribution in [0.2, 0.25) is 0 Å². The van der Waals surface area contributed by atoms with Gasteiger partial charge in [0, 0.05) is 5.41 Å². The Hall–Kier alpha value is 0.210. The molecular formula is C15H28ClNO. The van der Waals surface area contributed by atoms with Crippen LogP contribution in [0.3, 0.4) is 0 Å². The maximum absolute atomic E-state index is 10.8. The summed E-state index contributed by atoms with van der Waals surface area (Å²) in [6.45, 7) is 2.22. The molecule has 3 heteroatoms. The molecule has 0 saturated heterocycles. The molecule has 2 unspecified atom stereocenters. The Bertz CT molecular complexity index is 270. The van der Waals surface area contributed by atoms with Crippen molar-refractivity contribution in [3.63, 3.8) is 0 Å². The van der Waals surface area contributed by atoms with Gasteiger partial charge in [0.15, 0.2) is 0 Å². The molecule has 2 nitrogen and oxygen atoms in total. The minimum atomic E-state index is -0.0825. The second-order valence-corrected chi connectivity index (χ2v) is 7.59. The van der Waals surface area contributed by atoms with Crippen molar-refractivity contribution >= 4 is 0 Å². The van der Waals surface area contributed by atoms with E-state index in [0.717, 1.165) is 17.8 Å². The lowest BCUT2D eigenvalue weighted by molar-refractivity contribution is -0.889. The van der Waals surface area contributed by atoms with Crippen LogP contribution in [0.4, 0.5) is 0 Å². The Morgan fingerprint density at radius 3 is 1.72 bits per heavy atom. The first-order chi connectivity index (χ1) is 8.00. The highest BCUT2D eigenvalue weighted by Crippen LogP contribution is 2.61. The fraction of sp³-hybridized carbons (Fsp3) is 1.00. The number of hydrogen-bond donors (Lipinski definition) is 2. The zero-order valence-corrected chi connectivity index (χ0v) is 12.7. The number of likely N-dealkylation sites (N-methyl/N-ethyl adjacent to an activating group) is 1. The second-order valence-electron chi connectivity index (χ2n) is 7.59. The van der Waals surface area contributed by atoms with Crippen LogP contribution >= 0.6 is 0 Å². The Morgan fingerprint density at radius 1 is 1.00 bits per heavy atom. The maximum Gasteiger partial charge on any atom is 0.111 e. The van der Waals surface area contributed by atoms with Crippen molar-refractivity contribution in [3.05, 3.63) is 0 Å². The summed E-state index contributed by atoms with van der Waals surface area (Å²) < 4.78 is 0. The fourth-order valence-electron chi connectivity index (χ4n) is 5.39. The zero-order valence-electron chi connectivity index (χ0n) is 12.0. The van der Waals surface area contributed by atoms with Crippen molar-refractivity contribution in [2.45, 2.75) is 57.6 Å². The summed E-state index contributed by atoms with van der Waals surface area (Å²) in [5.74, 6) is 2.83. The molecular weight excluding hydrogens is 246 g/mol. The first-order valence-corrected chi connectivity index (χ1v) is 7.48. The molecule has 0 aromatic heterocycles. The van der Waals surface area contributed by atoms with Crippen LogP contribution < -0.4 is 17.3 Å². The lowest BCUT2D eigenvalue weighted by Crippen LogP contribution is -3.11. The number of halogens is 1. The van der Waals surface area contributed by atoms with E-state index in [1.54, 1.807) is 0 Å². The Morgan fingerprint density at radius 2 is 1.39 bits per heavy atom. The van der Waals surface area contributed by atoms with Gasteiger partial charge in [-0.15, -0.1) is 0 Å². The normalized spacial score (nSPS) is 44.8. The number of aliphatic hydroxyl groups excluding tert-OH is 1. The smallest absolute Gasteiger partial charge is 0.111 e. The van der Waals surface area contributed by atoms with E-state index < -0.39 is 0 Å². The molecule has 0 amide bonds. The average molecular weight is 274 g/mol. The number of hydrogen-bond acceptors (Lipinski definition) is 1. The van der Waals surface area contributed by atoms with Gasteiger partial charge in [0.05, 0.1) is 14.1 Å². The molecule has 0 aliphatic heterocycles. The molecule has 18 heavy (non-hydrogen) atoms. The van der Waals surface area contributed by atoms with Gasteiger partial charge in [-0.3, -0.25) is 0 Å². The monoisotopic (exact) mass is 273 g/mol. The highest BCUT2D eigenvalue weighted by atomic mass is 35.5. The molecule has 4 aliphatic carbocycles. The Labute approximate surface area is 118 Å². The first-order valence-electron chi connectivity index (χ1n) is 7.48. The number of rotatable bonds is 3. The van der Waals surface area contributed by atoms with Gasteiger partial charge in [-0.05, 0) is 63.2 Å². The summed E-state index contributed by atoms with van der Waals surface area (Å²) in [5, 5.41) is 10.8. The van der Waals surface area contributed by atoms with Gasteiger partial charge in [-0.2, -0.15) is 0 Å². The number of aliphatic hydroxyl groups is 1. The molecule has 0 radical (unpaired) electrons. The zero-order chi connectivity index (χ0) is 12.2. The summed E-state index contributed by atoms with van der Waals surface area (Å²) in [6, 6.07) is 0.381. The van der Waals surface area contributed by atoms with E-state index in [1.807, 2.05) is 0 Å². The van der Waals surface area contributed by atoms with Crippen LogP contribution in [-0.2, 0) is 0 Å². The summed E-state index contributed by atoms with van der Waals surface area (Å²) in [7, 11) is 4.35. The molecule has 4 bridgehead atoms. The molecule has 0 aromatic rings. The lowest BCUT2D eigenvalue weighted by Gasteiger charge is -2.59. The van der Waals surface area contributed by atoms with Gasteiger partial charge in [0.2, 0.25) is 0 Å². The highest BCUT2D eigenvalue weighted by molar-refractivity contribution is 5.05. The van der Waals surface area contributed by atoms with E-state index in [0.29, 0.717) is 11.5 Å². The fourth-order valence-corrected chi connectivity index (χ4v) is 5.39. The molecule has 0 aromatic carbocycles.